The van der Waals surface area contributed by atoms with Crippen LogP contribution in [-0.4, -0.2) is 28.5 Å². The maximum Gasteiger partial charge on any atom is 0.238 e. The van der Waals surface area contributed by atoms with Crippen LogP contribution in [0, 0.1) is 23.7 Å². The van der Waals surface area contributed by atoms with Gasteiger partial charge in [-0.1, -0.05) is 133 Å². The van der Waals surface area contributed by atoms with E-state index < -0.39 is 35.0 Å². The van der Waals surface area contributed by atoms with Crippen LogP contribution in [0.4, 0.5) is 5.69 Å². The summed E-state index contributed by atoms with van der Waals surface area (Å²) < 4.78 is 0. The van der Waals surface area contributed by atoms with E-state index in [9.17, 15) is 14.7 Å². The number of rotatable bonds is 5. The number of anilines is 1. The number of aromatic hydroxyl groups is 1. The quantitative estimate of drug-likeness (QED) is 0.149. The number of fused-ring (bicyclic) bond motifs is 5. The lowest BCUT2D eigenvalue weighted by Gasteiger charge is -2.55. The second-order valence-corrected chi connectivity index (χ2v) is 14.3. The lowest BCUT2D eigenvalue weighted by atomic mass is 9.44. The van der Waals surface area contributed by atoms with Crippen molar-refractivity contribution in [2.75, 3.05) is 4.90 Å². The summed E-state index contributed by atoms with van der Waals surface area (Å²) in [5.74, 6) is -4.51. The third-order valence-electron chi connectivity index (χ3n) is 12.0. The molecule has 1 saturated heterocycles. The Morgan fingerprint density at radius 1 is 0.750 bits per heavy atom. The van der Waals surface area contributed by atoms with Crippen molar-refractivity contribution in [2.45, 2.75) is 24.2 Å². The third kappa shape index (κ3) is 4.43. The molecule has 6 unspecified atom stereocenters. The topological polar surface area (TPSA) is 91.8 Å². The lowest BCUT2D eigenvalue weighted by Crippen LogP contribution is -2.58. The Balaban J connectivity index is 1.29. The van der Waals surface area contributed by atoms with Crippen LogP contribution in [0.15, 0.2) is 146 Å². The number of Topliss-reactive ketones (excluding diaryl/α,β-unsaturated/α-hetero) is 1. The molecule has 1 aliphatic heterocycles. The molecule has 6 heteroatoms. The maximum absolute atomic E-state index is 15.3. The van der Waals surface area contributed by atoms with Gasteiger partial charge in [-0.25, -0.2) is 0 Å². The van der Waals surface area contributed by atoms with Crippen molar-refractivity contribution in [3.05, 3.63) is 168 Å². The van der Waals surface area contributed by atoms with E-state index in [1.54, 1.807) is 18.2 Å². The minimum Gasteiger partial charge on any atom is -0.507 e. The Bertz CT molecular complexity index is 2390. The summed E-state index contributed by atoms with van der Waals surface area (Å²) in [7, 11) is 0. The van der Waals surface area contributed by atoms with Gasteiger partial charge < -0.3 is 5.11 Å². The zero-order chi connectivity index (χ0) is 35.7. The van der Waals surface area contributed by atoms with E-state index >= 15 is 9.59 Å². The fourth-order valence-electron chi connectivity index (χ4n) is 9.74. The molecule has 0 radical (unpaired) electrons. The van der Waals surface area contributed by atoms with Crippen LogP contribution >= 0.6 is 0 Å². The number of carbonyl (C=O) groups is 4. The minimum atomic E-state index is -1.42. The summed E-state index contributed by atoms with van der Waals surface area (Å²) in [6, 6.07) is 37.2. The summed E-state index contributed by atoms with van der Waals surface area (Å²) in [5.41, 5.74) is 2.94. The minimum absolute atomic E-state index is 0.0386. The van der Waals surface area contributed by atoms with E-state index in [1.165, 1.54) is 11.0 Å². The van der Waals surface area contributed by atoms with Gasteiger partial charge in [0.2, 0.25) is 11.8 Å². The predicted molar refractivity (Wildman–Crippen MR) is 201 cm³/mol. The Kier molecular flexibility index (Phi) is 7.33. The van der Waals surface area contributed by atoms with E-state index in [4.69, 9.17) is 0 Å². The molecule has 5 aromatic rings. The van der Waals surface area contributed by atoms with Gasteiger partial charge in [0.1, 0.15) is 5.75 Å². The molecule has 254 valence electrons. The molecule has 1 heterocycles. The van der Waals surface area contributed by atoms with Gasteiger partial charge >= 0.3 is 0 Å². The highest BCUT2D eigenvalue weighted by Gasteiger charge is 2.66. The zero-order valence-corrected chi connectivity index (χ0v) is 28.3. The molecule has 0 spiro atoms. The number of hydrogen-bond acceptors (Lipinski definition) is 5. The summed E-state index contributed by atoms with van der Waals surface area (Å²) in [4.78, 5) is 60.5. The molecule has 3 aliphatic carbocycles. The van der Waals surface area contributed by atoms with E-state index in [1.807, 2.05) is 115 Å². The van der Waals surface area contributed by atoms with Crippen molar-refractivity contribution in [3.63, 3.8) is 0 Å². The molecule has 6 nitrogen and oxygen atoms in total. The van der Waals surface area contributed by atoms with Crippen LogP contribution in [0.3, 0.4) is 0 Å². The third-order valence-corrected chi connectivity index (χ3v) is 12.0. The number of ketones is 2. The van der Waals surface area contributed by atoms with Crippen molar-refractivity contribution in [2.24, 2.45) is 23.7 Å². The molecule has 1 N–H and O–H groups in total. The van der Waals surface area contributed by atoms with Gasteiger partial charge in [-0.2, -0.15) is 0 Å². The average molecular weight is 682 g/mol. The van der Waals surface area contributed by atoms with Gasteiger partial charge in [0, 0.05) is 28.4 Å². The summed E-state index contributed by atoms with van der Waals surface area (Å²) >= 11 is 0. The normalized spacial score (nSPS) is 26.7. The number of benzene rings is 5. The monoisotopic (exact) mass is 681 g/mol. The summed E-state index contributed by atoms with van der Waals surface area (Å²) in [6.07, 6.45) is 5.73. The number of hydrogen-bond donors (Lipinski definition) is 1. The second kappa shape index (κ2) is 12.0. The number of imide groups is 1. The highest BCUT2D eigenvalue weighted by Crippen LogP contribution is 2.64. The zero-order valence-electron chi connectivity index (χ0n) is 28.3. The van der Waals surface area contributed by atoms with Gasteiger partial charge in [0.05, 0.1) is 22.9 Å². The van der Waals surface area contributed by atoms with E-state index in [2.05, 4.69) is 6.58 Å². The van der Waals surface area contributed by atoms with Crippen molar-refractivity contribution in [1.29, 1.82) is 0 Å². The predicted octanol–water partition coefficient (Wildman–Crippen LogP) is 8.22. The van der Waals surface area contributed by atoms with Gasteiger partial charge in [0.25, 0.3) is 0 Å². The molecule has 0 bridgehead atoms. The first-order valence-corrected chi connectivity index (χ1v) is 17.8. The fourth-order valence-corrected chi connectivity index (χ4v) is 9.74. The number of amides is 2. The molecule has 0 aromatic heterocycles. The Morgan fingerprint density at radius 3 is 2.17 bits per heavy atom. The van der Waals surface area contributed by atoms with Gasteiger partial charge in [0.15, 0.2) is 11.6 Å². The number of phenolic OH excluding ortho intramolecular Hbond substituents is 1. The van der Waals surface area contributed by atoms with Crippen LogP contribution < -0.4 is 4.90 Å². The molecular weight excluding hydrogens is 647 g/mol. The smallest absolute Gasteiger partial charge is 0.238 e. The Hall–Kier alpha value is -6.14. The summed E-state index contributed by atoms with van der Waals surface area (Å²) in [5, 5.41) is 13.6. The van der Waals surface area contributed by atoms with E-state index in [0.29, 0.717) is 39.8 Å². The molecule has 4 aliphatic rings. The van der Waals surface area contributed by atoms with Crippen molar-refractivity contribution in [1.82, 2.24) is 0 Å². The standard InChI is InChI=1S/C46H35NO5/c1-2-27-17-20-31(21-18-27)47-44(51)34-24-23-33-37(40(34)45(47)52)25-38-43(50)36(28-11-5-3-6-12-28)26-39(48)46(38,30-14-7-4-8-15-30)41(33)35-22-19-29-13-9-10-16-32(29)42(35)49/h2-23,26,34,37-38,40-41,49H,1,24-25H2. The van der Waals surface area contributed by atoms with Crippen LogP contribution in [0.1, 0.15) is 41.0 Å². The highest BCUT2D eigenvalue weighted by molar-refractivity contribution is 6.32. The average Bonchev–Trinajstić information content (AvgIpc) is 3.45. The van der Waals surface area contributed by atoms with Crippen LogP contribution in [0.2, 0.25) is 0 Å². The fraction of sp³-hybridized carbons (Fsp3) is 0.174. The van der Waals surface area contributed by atoms with Crippen molar-refractivity contribution < 1.29 is 24.3 Å². The summed E-state index contributed by atoms with van der Waals surface area (Å²) in [6.45, 7) is 3.82. The van der Waals surface area contributed by atoms with Crippen LogP contribution in [0.5, 0.6) is 5.75 Å². The number of phenols is 1. The first kappa shape index (κ1) is 31.8. The molecule has 9 rings (SSSR count). The number of carbonyl (C=O) groups excluding carboxylic acids is 4. The van der Waals surface area contributed by atoms with E-state index in [0.717, 1.165) is 16.5 Å². The first-order chi connectivity index (χ1) is 25.3. The number of allylic oxidation sites excluding steroid dienone is 4. The highest BCUT2D eigenvalue weighted by atomic mass is 16.3. The van der Waals surface area contributed by atoms with Crippen LogP contribution in [-0.2, 0) is 24.6 Å². The van der Waals surface area contributed by atoms with Gasteiger partial charge in [-0.15, -0.1) is 0 Å². The van der Waals surface area contributed by atoms with Gasteiger partial charge in [-0.05, 0) is 59.0 Å². The molecular formula is C46H35NO5. The molecule has 1 saturated carbocycles. The van der Waals surface area contributed by atoms with Crippen molar-refractivity contribution >= 4 is 51.5 Å². The molecule has 6 atom stereocenters. The number of nitrogens with zero attached hydrogens (tertiary/aromatic N) is 1. The molecule has 2 amide bonds. The van der Waals surface area contributed by atoms with Crippen LogP contribution in [0.25, 0.3) is 22.4 Å². The Labute approximate surface area is 301 Å². The largest absolute Gasteiger partial charge is 0.507 e. The van der Waals surface area contributed by atoms with Gasteiger partial charge in [-0.3, -0.25) is 24.1 Å². The second-order valence-electron chi connectivity index (χ2n) is 14.3. The first-order valence-electron chi connectivity index (χ1n) is 17.8. The lowest BCUT2D eigenvalue weighted by molar-refractivity contribution is -0.135. The molecule has 2 fully saturated rings. The molecule has 5 aromatic carbocycles. The van der Waals surface area contributed by atoms with Crippen molar-refractivity contribution in [3.8, 4) is 5.75 Å². The Morgan fingerprint density at radius 2 is 1.44 bits per heavy atom. The molecule has 52 heavy (non-hydrogen) atoms. The SMILES string of the molecule is C=Cc1ccc(N2C(=O)C3CC=C4C(CC5C(=O)C(c6ccccc6)=CC(=O)C5(c5ccccc5)C4c4ccc5ccccc5c4O)C3C2=O)cc1. The van der Waals surface area contributed by atoms with E-state index in [-0.39, 0.29) is 35.6 Å². The maximum atomic E-state index is 15.3.